The van der Waals surface area contributed by atoms with Crippen molar-refractivity contribution in [2.24, 2.45) is 5.92 Å². The van der Waals surface area contributed by atoms with Crippen LogP contribution in [-0.2, 0) is 14.4 Å². The quantitative estimate of drug-likeness (QED) is 0.666. The van der Waals surface area contributed by atoms with Gasteiger partial charge in [0, 0.05) is 0 Å². The number of Topliss-reactive ketones (excluding diaryl/α,β-unsaturated/α-hetero) is 1. The standard InChI is InChI=1S/C10H13NO4/c12-7-4-9(13)11(5-7)8(10(14)15)3-6-1-2-6/h6,8H,1-5H2,(H,14,15)/t8-/m0/s1. The Kier molecular flexibility index (Phi) is 2.46. The molecule has 82 valence electrons. The Hall–Kier alpha value is -1.39. The predicted molar refractivity (Wildman–Crippen MR) is 50.1 cm³/mol. The topological polar surface area (TPSA) is 74.7 Å². The molecule has 0 bridgehead atoms. The number of aliphatic carboxylic acids is 1. The third-order valence-electron chi connectivity index (χ3n) is 2.93. The van der Waals surface area contributed by atoms with Gasteiger partial charge in [-0.2, -0.15) is 0 Å². The summed E-state index contributed by atoms with van der Waals surface area (Å²) < 4.78 is 0. The first-order valence-corrected chi connectivity index (χ1v) is 5.12. The number of carbonyl (C=O) groups is 3. The maximum absolute atomic E-state index is 11.4. The predicted octanol–water partition coefficient (Wildman–Crippen LogP) is 0.0411. The van der Waals surface area contributed by atoms with E-state index in [9.17, 15) is 14.4 Å². The summed E-state index contributed by atoms with van der Waals surface area (Å²) in [4.78, 5) is 34.6. The number of amides is 1. The molecule has 1 saturated heterocycles. The smallest absolute Gasteiger partial charge is 0.326 e. The average molecular weight is 211 g/mol. The monoisotopic (exact) mass is 211 g/mol. The van der Waals surface area contributed by atoms with Gasteiger partial charge in [-0.3, -0.25) is 9.59 Å². The molecule has 1 aliphatic carbocycles. The lowest BCUT2D eigenvalue weighted by atomic mass is 10.1. The van der Waals surface area contributed by atoms with Crippen molar-refractivity contribution in [1.82, 2.24) is 4.90 Å². The molecular weight excluding hydrogens is 198 g/mol. The molecule has 1 aliphatic heterocycles. The Bertz CT molecular complexity index is 321. The number of hydrogen-bond acceptors (Lipinski definition) is 3. The van der Waals surface area contributed by atoms with Gasteiger partial charge in [0.25, 0.3) is 0 Å². The van der Waals surface area contributed by atoms with Crippen LogP contribution in [0, 0.1) is 5.92 Å². The summed E-state index contributed by atoms with van der Waals surface area (Å²) in [6.45, 7) is -0.0253. The Labute approximate surface area is 87.1 Å². The number of carboxylic acids is 1. The maximum atomic E-state index is 11.4. The highest BCUT2D eigenvalue weighted by atomic mass is 16.4. The van der Waals surface area contributed by atoms with Crippen molar-refractivity contribution in [1.29, 1.82) is 0 Å². The molecule has 0 radical (unpaired) electrons. The first-order valence-electron chi connectivity index (χ1n) is 5.12. The average Bonchev–Trinajstić information content (AvgIpc) is 2.88. The molecule has 2 rings (SSSR count). The fraction of sp³-hybridized carbons (Fsp3) is 0.700. The summed E-state index contributed by atoms with van der Waals surface area (Å²) in [5, 5.41) is 9.01. The molecule has 0 aromatic rings. The number of nitrogens with zero attached hydrogens (tertiary/aromatic N) is 1. The third-order valence-corrected chi connectivity index (χ3v) is 2.93. The van der Waals surface area contributed by atoms with Crippen molar-refractivity contribution in [2.45, 2.75) is 31.7 Å². The van der Waals surface area contributed by atoms with E-state index >= 15 is 0 Å². The molecule has 1 saturated carbocycles. The van der Waals surface area contributed by atoms with Crippen molar-refractivity contribution < 1.29 is 19.5 Å². The molecule has 1 heterocycles. The molecule has 2 aliphatic rings. The molecule has 1 amide bonds. The van der Waals surface area contributed by atoms with Crippen LogP contribution in [0.25, 0.3) is 0 Å². The first kappa shape index (κ1) is 10.1. The van der Waals surface area contributed by atoms with Crippen LogP contribution in [0.3, 0.4) is 0 Å². The van der Waals surface area contributed by atoms with E-state index in [0.29, 0.717) is 12.3 Å². The minimum atomic E-state index is -0.995. The molecule has 0 aromatic heterocycles. The number of hydrogen-bond donors (Lipinski definition) is 1. The maximum Gasteiger partial charge on any atom is 0.326 e. The fourth-order valence-corrected chi connectivity index (χ4v) is 1.92. The van der Waals surface area contributed by atoms with Gasteiger partial charge in [0.1, 0.15) is 6.04 Å². The number of likely N-dealkylation sites (tertiary alicyclic amines) is 1. The summed E-state index contributed by atoms with van der Waals surface area (Å²) in [6.07, 6.45) is 2.45. The zero-order valence-corrected chi connectivity index (χ0v) is 8.31. The van der Waals surface area contributed by atoms with Gasteiger partial charge in [0.05, 0.1) is 13.0 Å². The molecule has 2 fully saturated rings. The molecule has 15 heavy (non-hydrogen) atoms. The minimum Gasteiger partial charge on any atom is -0.480 e. The van der Waals surface area contributed by atoms with Gasteiger partial charge in [-0.25, -0.2) is 4.79 Å². The fourth-order valence-electron chi connectivity index (χ4n) is 1.92. The zero-order chi connectivity index (χ0) is 11.0. The van der Waals surface area contributed by atoms with Crippen molar-refractivity contribution in [2.75, 3.05) is 6.54 Å². The highest BCUT2D eigenvalue weighted by molar-refractivity contribution is 6.06. The summed E-state index contributed by atoms with van der Waals surface area (Å²) >= 11 is 0. The van der Waals surface area contributed by atoms with Crippen LogP contribution in [0.5, 0.6) is 0 Å². The van der Waals surface area contributed by atoms with E-state index in [0.717, 1.165) is 12.8 Å². The van der Waals surface area contributed by atoms with Gasteiger partial charge in [-0.15, -0.1) is 0 Å². The van der Waals surface area contributed by atoms with Gasteiger partial charge in [-0.05, 0) is 12.3 Å². The number of ketones is 1. The molecule has 5 nitrogen and oxygen atoms in total. The molecule has 1 atom stereocenters. The Balaban J connectivity index is 2.05. The lowest BCUT2D eigenvalue weighted by Gasteiger charge is -2.23. The largest absolute Gasteiger partial charge is 0.480 e. The van der Waals surface area contributed by atoms with Crippen molar-refractivity contribution in [3.8, 4) is 0 Å². The van der Waals surface area contributed by atoms with Gasteiger partial charge in [-0.1, -0.05) is 12.8 Å². The van der Waals surface area contributed by atoms with Crippen LogP contribution in [0.15, 0.2) is 0 Å². The number of carboxylic acid groups (broad SMARTS) is 1. The SMILES string of the molecule is O=C1CC(=O)N([C@@H](CC2CC2)C(=O)O)C1. The summed E-state index contributed by atoms with van der Waals surface area (Å²) in [5.74, 6) is -1.09. The van der Waals surface area contributed by atoms with Crippen LogP contribution in [0.2, 0.25) is 0 Å². The van der Waals surface area contributed by atoms with Crippen molar-refractivity contribution in [3.05, 3.63) is 0 Å². The van der Waals surface area contributed by atoms with Crippen LogP contribution < -0.4 is 0 Å². The number of carbonyl (C=O) groups excluding carboxylic acids is 2. The first-order chi connectivity index (χ1) is 7.08. The minimum absolute atomic E-state index is 0.0253. The summed E-state index contributed by atoms with van der Waals surface area (Å²) in [6, 6.07) is -0.795. The normalized spacial score (nSPS) is 23.3. The second-order valence-electron chi connectivity index (χ2n) is 4.27. The van der Waals surface area contributed by atoms with Crippen molar-refractivity contribution >= 4 is 17.7 Å². The Morgan fingerprint density at radius 1 is 1.47 bits per heavy atom. The van der Waals surface area contributed by atoms with Gasteiger partial charge in [0.2, 0.25) is 5.91 Å². The Morgan fingerprint density at radius 2 is 2.13 bits per heavy atom. The molecule has 1 N–H and O–H groups in total. The van der Waals surface area contributed by atoms with E-state index < -0.39 is 12.0 Å². The van der Waals surface area contributed by atoms with E-state index in [1.807, 2.05) is 0 Å². The van der Waals surface area contributed by atoms with Crippen LogP contribution in [0.4, 0.5) is 0 Å². The van der Waals surface area contributed by atoms with Gasteiger partial charge in [0.15, 0.2) is 5.78 Å². The van der Waals surface area contributed by atoms with Crippen LogP contribution in [0.1, 0.15) is 25.7 Å². The lowest BCUT2D eigenvalue weighted by Crippen LogP contribution is -2.42. The van der Waals surface area contributed by atoms with E-state index in [-0.39, 0.29) is 24.7 Å². The molecular formula is C10H13NO4. The van der Waals surface area contributed by atoms with Crippen LogP contribution in [-0.4, -0.2) is 40.3 Å². The van der Waals surface area contributed by atoms with E-state index in [4.69, 9.17) is 5.11 Å². The summed E-state index contributed by atoms with van der Waals surface area (Å²) in [5.41, 5.74) is 0. The second-order valence-corrected chi connectivity index (χ2v) is 4.27. The molecule has 0 unspecified atom stereocenters. The van der Waals surface area contributed by atoms with Gasteiger partial charge >= 0.3 is 5.97 Å². The Morgan fingerprint density at radius 3 is 2.53 bits per heavy atom. The lowest BCUT2D eigenvalue weighted by molar-refractivity contribution is -0.148. The van der Waals surface area contributed by atoms with Crippen molar-refractivity contribution in [3.63, 3.8) is 0 Å². The molecule has 5 heteroatoms. The highest BCUT2D eigenvalue weighted by Crippen LogP contribution is 2.35. The molecule has 0 aromatic carbocycles. The van der Waals surface area contributed by atoms with E-state index in [2.05, 4.69) is 0 Å². The number of rotatable bonds is 4. The third kappa shape index (κ3) is 2.16. The van der Waals surface area contributed by atoms with Crippen LogP contribution >= 0.6 is 0 Å². The summed E-state index contributed by atoms with van der Waals surface area (Å²) in [7, 11) is 0. The van der Waals surface area contributed by atoms with Gasteiger partial charge < -0.3 is 10.0 Å². The zero-order valence-electron chi connectivity index (χ0n) is 8.31. The van der Waals surface area contributed by atoms with E-state index in [1.54, 1.807) is 0 Å². The second kappa shape index (κ2) is 3.64. The molecule has 0 spiro atoms. The van der Waals surface area contributed by atoms with E-state index in [1.165, 1.54) is 4.90 Å². The highest BCUT2D eigenvalue weighted by Gasteiger charge is 2.39.